The second kappa shape index (κ2) is 12.3. The van der Waals surface area contributed by atoms with Gasteiger partial charge in [-0.3, -0.25) is 4.40 Å². The minimum absolute atomic E-state index is 0.798. The van der Waals surface area contributed by atoms with Gasteiger partial charge in [0.05, 0.1) is 27.8 Å². The van der Waals surface area contributed by atoms with Crippen molar-refractivity contribution < 1.29 is 4.57 Å². The van der Waals surface area contributed by atoms with Gasteiger partial charge in [0, 0.05) is 43.0 Å². The van der Waals surface area contributed by atoms with Crippen molar-refractivity contribution in [1.82, 2.24) is 14.4 Å². The standard InChI is InChI=1S/C50H32N3OP/c54-55(38-15-6-2-7-16-38,39-17-8-3-9-18-39)40-24-29-47-43(32-40)49-41-19-11-10-14-34(41)20-25-42(49)50-52-46-28-23-37(31-48(46)53(47)50)45-27-22-36-30-35(21-26-44(36)51-45)33-12-4-1-5-13-33/h1-32H. The van der Waals surface area contributed by atoms with Gasteiger partial charge in [-0.2, -0.15) is 0 Å². The fraction of sp³-hybridized carbons (Fsp3) is 0. The van der Waals surface area contributed by atoms with E-state index in [9.17, 15) is 0 Å². The van der Waals surface area contributed by atoms with Crippen LogP contribution in [0.5, 0.6) is 0 Å². The Bertz CT molecular complexity index is 3300. The van der Waals surface area contributed by atoms with E-state index in [1.54, 1.807) is 0 Å². The summed E-state index contributed by atoms with van der Waals surface area (Å²) in [6.45, 7) is 0. The molecule has 0 bridgehead atoms. The van der Waals surface area contributed by atoms with Crippen molar-refractivity contribution in [2.24, 2.45) is 0 Å². The van der Waals surface area contributed by atoms with Crippen molar-refractivity contribution in [3.8, 4) is 22.4 Å². The number of hydrogen-bond acceptors (Lipinski definition) is 3. The number of fused-ring (bicyclic) bond motifs is 11. The van der Waals surface area contributed by atoms with E-state index in [1.165, 1.54) is 11.1 Å². The summed E-state index contributed by atoms with van der Waals surface area (Å²) in [6, 6.07) is 66.7. The summed E-state index contributed by atoms with van der Waals surface area (Å²) in [6.07, 6.45) is 0. The van der Waals surface area contributed by atoms with Gasteiger partial charge in [0.1, 0.15) is 5.65 Å². The van der Waals surface area contributed by atoms with Crippen LogP contribution in [-0.2, 0) is 4.57 Å². The van der Waals surface area contributed by atoms with Gasteiger partial charge in [-0.25, -0.2) is 9.97 Å². The zero-order chi connectivity index (χ0) is 36.5. The monoisotopic (exact) mass is 721 g/mol. The lowest BCUT2D eigenvalue weighted by atomic mass is 9.99. The summed E-state index contributed by atoms with van der Waals surface area (Å²) in [5, 5.41) is 9.01. The number of nitrogens with zero attached hydrogens (tertiary/aromatic N) is 3. The van der Waals surface area contributed by atoms with E-state index in [0.717, 1.165) is 87.2 Å². The topological polar surface area (TPSA) is 47.3 Å². The first-order valence-electron chi connectivity index (χ1n) is 18.5. The molecular formula is C50H32N3OP. The molecule has 258 valence electrons. The summed E-state index contributed by atoms with van der Waals surface area (Å²) < 4.78 is 17.9. The average molecular weight is 722 g/mol. The van der Waals surface area contributed by atoms with Crippen LogP contribution in [0.3, 0.4) is 0 Å². The summed E-state index contributed by atoms with van der Waals surface area (Å²) >= 11 is 0. The molecule has 11 aromatic rings. The van der Waals surface area contributed by atoms with E-state index in [0.29, 0.717) is 0 Å². The second-order valence-electron chi connectivity index (χ2n) is 14.1. The maximum Gasteiger partial charge on any atom is 0.171 e. The largest absolute Gasteiger partial charge is 0.309 e. The first-order chi connectivity index (χ1) is 27.1. The van der Waals surface area contributed by atoms with Crippen LogP contribution in [0.15, 0.2) is 194 Å². The zero-order valence-corrected chi connectivity index (χ0v) is 30.6. The van der Waals surface area contributed by atoms with Crippen LogP contribution in [0.4, 0.5) is 0 Å². The highest BCUT2D eigenvalue weighted by Crippen LogP contribution is 2.45. The Kier molecular flexibility index (Phi) is 7.10. The third-order valence-corrected chi connectivity index (χ3v) is 14.1. The minimum atomic E-state index is -3.24. The van der Waals surface area contributed by atoms with Crippen LogP contribution in [0.25, 0.3) is 82.4 Å². The van der Waals surface area contributed by atoms with Gasteiger partial charge in [-0.1, -0.05) is 140 Å². The van der Waals surface area contributed by atoms with E-state index < -0.39 is 7.14 Å². The number of rotatable bonds is 5. The lowest BCUT2D eigenvalue weighted by molar-refractivity contribution is 0.592. The molecule has 3 heterocycles. The third-order valence-electron chi connectivity index (χ3n) is 11.0. The number of imidazole rings is 1. The Hall–Kier alpha value is -6.87. The highest BCUT2D eigenvalue weighted by atomic mass is 31.2. The molecule has 0 atom stereocenters. The van der Waals surface area contributed by atoms with Gasteiger partial charge >= 0.3 is 0 Å². The number of hydrogen-bond donors (Lipinski definition) is 0. The molecule has 55 heavy (non-hydrogen) atoms. The first-order valence-corrected chi connectivity index (χ1v) is 20.2. The van der Waals surface area contributed by atoms with E-state index >= 15 is 4.57 Å². The molecule has 0 amide bonds. The summed E-state index contributed by atoms with van der Waals surface area (Å²) in [5.74, 6) is 0. The van der Waals surface area contributed by atoms with Crippen molar-refractivity contribution in [1.29, 1.82) is 0 Å². The summed E-state index contributed by atoms with van der Waals surface area (Å²) in [4.78, 5) is 10.4. The zero-order valence-electron chi connectivity index (χ0n) is 29.7. The maximum atomic E-state index is 15.6. The van der Waals surface area contributed by atoms with Gasteiger partial charge < -0.3 is 4.57 Å². The predicted octanol–water partition coefficient (Wildman–Crippen LogP) is 11.5. The Morgan fingerprint density at radius 1 is 0.400 bits per heavy atom. The smallest absolute Gasteiger partial charge is 0.171 e. The molecule has 0 aliphatic rings. The van der Waals surface area contributed by atoms with Crippen molar-refractivity contribution in [2.45, 2.75) is 0 Å². The number of aromatic nitrogens is 3. The number of pyridine rings is 2. The molecule has 0 saturated heterocycles. The van der Waals surface area contributed by atoms with Crippen LogP contribution in [0, 0.1) is 0 Å². The van der Waals surface area contributed by atoms with Crippen molar-refractivity contribution in [2.75, 3.05) is 0 Å². The van der Waals surface area contributed by atoms with Crippen LogP contribution in [-0.4, -0.2) is 14.4 Å². The molecule has 11 rings (SSSR count). The molecule has 4 nitrogen and oxygen atoms in total. The number of benzene rings is 8. The SMILES string of the molecule is O=P(c1ccccc1)(c1ccccc1)c1ccc2c(c1)c1c3ccccc3ccc1c1nc3ccc(-c4ccc5cc(-c6ccccc6)ccc5n4)cc3n21. The molecule has 3 aromatic heterocycles. The molecule has 0 unspecified atom stereocenters. The van der Waals surface area contributed by atoms with E-state index in [1.807, 2.05) is 66.7 Å². The molecule has 0 aliphatic heterocycles. The van der Waals surface area contributed by atoms with Crippen molar-refractivity contribution in [3.63, 3.8) is 0 Å². The van der Waals surface area contributed by atoms with Crippen LogP contribution >= 0.6 is 7.14 Å². The molecule has 0 saturated carbocycles. The molecule has 5 heteroatoms. The van der Waals surface area contributed by atoms with Crippen LogP contribution in [0.1, 0.15) is 0 Å². The van der Waals surface area contributed by atoms with Crippen molar-refractivity contribution in [3.05, 3.63) is 194 Å². The minimum Gasteiger partial charge on any atom is -0.309 e. The summed E-state index contributed by atoms with van der Waals surface area (Å²) in [5.41, 5.74) is 9.04. The van der Waals surface area contributed by atoms with Crippen LogP contribution < -0.4 is 15.9 Å². The lowest BCUT2D eigenvalue weighted by Gasteiger charge is -2.21. The van der Waals surface area contributed by atoms with Gasteiger partial charge in [0.2, 0.25) is 0 Å². The maximum absolute atomic E-state index is 15.6. The summed E-state index contributed by atoms with van der Waals surface area (Å²) in [7, 11) is -3.24. The lowest BCUT2D eigenvalue weighted by Crippen LogP contribution is -2.25. The van der Waals surface area contributed by atoms with Crippen molar-refractivity contribution >= 4 is 83.1 Å². The molecule has 0 aliphatic carbocycles. The first kappa shape index (κ1) is 31.6. The fourth-order valence-electron chi connectivity index (χ4n) is 8.34. The quantitative estimate of drug-likeness (QED) is 0.131. The normalized spacial score (nSPS) is 12.1. The highest BCUT2D eigenvalue weighted by Gasteiger charge is 2.30. The highest BCUT2D eigenvalue weighted by molar-refractivity contribution is 7.85. The molecule has 0 N–H and O–H groups in total. The van der Waals surface area contributed by atoms with E-state index in [4.69, 9.17) is 9.97 Å². The van der Waals surface area contributed by atoms with Gasteiger partial charge in [0.15, 0.2) is 7.14 Å². The molecule has 0 fully saturated rings. The molecule has 0 radical (unpaired) electrons. The second-order valence-corrected chi connectivity index (χ2v) is 16.9. The Labute approximate surface area is 317 Å². The molecule has 8 aromatic carbocycles. The average Bonchev–Trinajstić information content (AvgIpc) is 3.65. The Morgan fingerprint density at radius 2 is 1.07 bits per heavy atom. The Morgan fingerprint density at radius 3 is 1.85 bits per heavy atom. The van der Waals surface area contributed by atoms with E-state index in [2.05, 4.69) is 132 Å². The molecular weight excluding hydrogens is 690 g/mol. The predicted molar refractivity (Wildman–Crippen MR) is 231 cm³/mol. The Balaban J connectivity index is 1.16. The van der Waals surface area contributed by atoms with Gasteiger partial charge in [0.25, 0.3) is 0 Å². The third kappa shape index (κ3) is 4.96. The molecule has 0 spiro atoms. The van der Waals surface area contributed by atoms with Gasteiger partial charge in [-0.15, -0.1) is 0 Å². The fourth-order valence-corrected chi connectivity index (χ4v) is 11.0. The van der Waals surface area contributed by atoms with Gasteiger partial charge in [-0.05, 0) is 76.5 Å². The van der Waals surface area contributed by atoms with E-state index in [-0.39, 0.29) is 0 Å². The van der Waals surface area contributed by atoms with Crippen LogP contribution in [0.2, 0.25) is 0 Å².